The van der Waals surface area contributed by atoms with E-state index in [4.69, 9.17) is 4.74 Å². The highest BCUT2D eigenvalue weighted by Gasteiger charge is 2.26. The first kappa shape index (κ1) is 22.8. The summed E-state index contributed by atoms with van der Waals surface area (Å²) in [7, 11) is 2.02. The summed E-state index contributed by atoms with van der Waals surface area (Å²) in [6.45, 7) is 7.24. The van der Waals surface area contributed by atoms with E-state index in [9.17, 15) is 9.59 Å². The quantitative estimate of drug-likeness (QED) is 0.495. The minimum Gasteiger partial charge on any atom is -0.488 e. The maximum absolute atomic E-state index is 12.6. The largest absolute Gasteiger partial charge is 0.488 e. The van der Waals surface area contributed by atoms with Crippen LogP contribution >= 0.6 is 0 Å². The molecule has 3 N–H and O–H groups in total. The van der Waals surface area contributed by atoms with Gasteiger partial charge in [-0.2, -0.15) is 0 Å². The average Bonchev–Trinajstić information content (AvgIpc) is 2.76. The van der Waals surface area contributed by atoms with Crippen molar-refractivity contribution in [2.45, 2.75) is 6.92 Å². The number of piperazine rings is 1. The molecule has 1 aliphatic rings. The van der Waals surface area contributed by atoms with Gasteiger partial charge in [0.1, 0.15) is 18.9 Å². The molecule has 31 heavy (non-hydrogen) atoms. The van der Waals surface area contributed by atoms with E-state index in [1.165, 1.54) is 10.5 Å². The number of hydrogen-bond donors (Lipinski definition) is 3. The van der Waals surface area contributed by atoms with E-state index in [1.54, 1.807) is 0 Å². The third kappa shape index (κ3) is 7.70. The number of carbonyl (C=O) groups is 2. The van der Waals surface area contributed by atoms with Crippen molar-refractivity contribution in [1.29, 1.82) is 0 Å². The molecule has 1 fully saturated rings. The molecule has 2 amide bonds. The number of nitrogens with one attached hydrogen (secondary N) is 3. The number of rotatable bonds is 9. The summed E-state index contributed by atoms with van der Waals surface area (Å²) in [5.74, 6) is 1.04. The Morgan fingerprint density at radius 2 is 1.74 bits per heavy atom. The first-order chi connectivity index (χ1) is 15.0. The molecule has 1 aliphatic heterocycles. The Morgan fingerprint density at radius 1 is 1.06 bits per heavy atom. The number of nitrogens with zero attached hydrogens (tertiary/aromatic N) is 1. The van der Waals surface area contributed by atoms with Crippen molar-refractivity contribution in [3.63, 3.8) is 0 Å². The molecule has 1 saturated heterocycles. The van der Waals surface area contributed by atoms with Crippen LogP contribution in [0.15, 0.2) is 54.6 Å². The molecule has 0 saturated carbocycles. The molecule has 7 heteroatoms. The predicted octanol–water partition coefficient (Wildman–Crippen LogP) is -0.746. The first-order valence-electron chi connectivity index (χ1n) is 11.0. The van der Waals surface area contributed by atoms with Gasteiger partial charge in [0.05, 0.1) is 33.2 Å². The Labute approximate surface area is 184 Å². The van der Waals surface area contributed by atoms with Crippen molar-refractivity contribution in [1.82, 2.24) is 4.90 Å². The van der Waals surface area contributed by atoms with E-state index >= 15 is 0 Å². The summed E-state index contributed by atoms with van der Waals surface area (Å²) >= 11 is 0. The highest BCUT2D eigenvalue weighted by Crippen LogP contribution is 2.08. The van der Waals surface area contributed by atoms with E-state index in [0.29, 0.717) is 32.8 Å². The Morgan fingerprint density at radius 3 is 2.42 bits per heavy atom. The van der Waals surface area contributed by atoms with Gasteiger partial charge in [-0.25, -0.2) is 0 Å². The molecular weight excluding hydrogens is 392 g/mol. The van der Waals surface area contributed by atoms with Crippen molar-refractivity contribution in [3.8, 4) is 5.75 Å². The Hall–Kier alpha value is -2.90. The van der Waals surface area contributed by atoms with Gasteiger partial charge in [-0.1, -0.05) is 35.9 Å². The standard InChI is InChI=1S/C24H32N4O3/c1-20-8-10-21(11-9-20)25-23(29)18-27-12-14-28(15-13-27)24(30)19-26(2)16-17-31-22-6-4-3-5-7-22/h3-11H,12-19H2,1-2H3,(H,25,29)/p+2. The molecule has 1 unspecified atom stereocenters. The van der Waals surface area contributed by atoms with E-state index < -0.39 is 0 Å². The molecule has 0 bridgehead atoms. The van der Waals surface area contributed by atoms with Crippen LogP contribution in [-0.4, -0.2) is 76.2 Å². The number of benzene rings is 2. The molecule has 0 aliphatic carbocycles. The highest BCUT2D eigenvalue weighted by molar-refractivity contribution is 5.91. The van der Waals surface area contributed by atoms with Gasteiger partial charge in [0, 0.05) is 5.69 Å². The van der Waals surface area contributed by atoms with Crippen molar-refractivity contribution >= 4 is 17.5 Å². The zero-order chi connectivity index (χ0) is 22.1. The van der Waals surface area contributed by atoms with Crippen LogP contribution < -0.4 is 19.9 Å². The Balaban J connectivity index is 1.32. The van der Waals surface area contributed by atoms with E-state index in [2.05, 4.69) is 5.32 Å². The third-order valence-corrected chi connectivity index (χ3v) is 5.56. The summed E-state index contributed by atoms with van der Waals surface area (Å²) in [4.78, 5) is 29.2. The number of anilines is 1. The molecule has 1 heterocycles. The fraction of sp³-hybridized carbons (Fsp3) is 0.417. The number of likely N-dealkylation sites (N-methyl/N-ethyl adjacent to an activating group) is 1. The van der Waals surface area contributed by atoms with Crippen LogP contribution in [0, 0.1) is 6.92 Å². The Kier molecular flexibility index (Phi) is 8.44. The zero-order valence-corrected chi connectivity index (χ0v) is 18.5. The molecule has 166 valence electrons. The van der Waals surface area contributed by atoms with Gasteiger partial charge in [0.25, 0.3) is 11.8 Å². The van der Waals surface area contributed by atoms with E-state index in [1.807, 2.05) is 73.5 Å². The van der Waals surface area contributed by atoms with Gasteiger partial charge in [-0.3, -0.25) is 9.59 Å². The summed E-state index contributed by atoms with van der Waals surface area (Å²) in [5, 5.41) is 2.95. The van der Waals surface area contributed by atoms with Gasteiger partial charge >= 0.3 is 0 Å². The Bertz CT molecular complexity index is 834. The van der Waals surface area contributed by atoms with Gasteiger partial charge in [-0.05, 0) is 31.2 Å². The third-order valence-electron chi connectivity index (χ3n) is 5.56. The lowest BCUT2D eigenvalue weighted by Gasteiger charge is -2.32. The normalized spacial score (nSPS) is 15.4. The van der Waals surface area contributed by atoms with Crippen LogP contribution in [0.1, 0.15) is 5.56 Å². The van der Waals surface area contributed by atoms with E-state index in [-0.39, 0.29) is 11.8 Å². The fourth-order valence-corrected chi connectivity index (χ4v) is 3.64. The maximum Gasteiger partial charge on any atom is 0.279 e. The number of para-hydroxylation sites is 1. The smallest absolute Gasteiger partial charge is 0.279 e. The lowest BCUT2D eigenvalue weighted by atomic mass is 10.2. The van der Waals surface area contributed by atoms with Gasteiger partial charge in [-0.15, -0.1) is 0 Å². The lowest BCUT2D eigenvalue weighted by Crippen LogP contribution is -3.16. The van der Waals surface area contributed by atoms with Gasteiger partial charge < -0.3 is 24.8 Å². The topological polar surface area (TPSA) is 67.5 Å². The van der Waals surface area contributed by atoms with Crippen LogP contribution in [-0.2, 0) is 9.59 Å². The van der Waals surface area contributed by atoms with Crippen LogP contribution in [0.3, 0.4) is 0 Å². The van der Waals surface area contributed by atoms with Crippen LogP contribution in [0.5, 0.6) is 5.75 Å². The molecule has 0 spiro atoms. The number of quaternary nitrogens is 2. The number of aryl methyl sites for hydroxylation is 1. The van der Waals surface area contributed by atoms with Crippen molar-refractivity contribution in [3.05, 3.63) is 60.2 Å². The van der Waals surface area contributed by atoms with Crippen LogP contribution in [0.2, 0.25) is 0 Å². The second kappa shape index (κ2) is 11.5. The number of hydrogen-bond acceptors (Lipinski definition) is 3. The van der Waals surface area contributed by atoms with Gasteiger partial charge in [0.2, 0.25) is 0 Å². The van der Waals surface area contributed by atoms with Crippen molar-refractivity contribution < 1.29 is 24.1 Å². The van der Waals surface area contributed by atoms with Crippen LogP contribution in [0.25, 0.3) is 0 Å². The summed E-state index contributed by atoms with van der Waals surface area (Å²) in [6, 6.07) is 17.5. The monoisotopic (exact) mass is 426 g/mol. The number of carbonyl (C=O) groups excluding carboxylic acids is 2. The fourth-order valence-electron chi connectivity index (χ4n) is 3.64. The van der Waals surface area contributed by atoms with E-state index in [0.717, 1.165) is 36.0 Å². The number of amides is 2. The second-order valence-corrected chi connectivity index (χ2v) is 8.27. The first-order valence-corrected chi connectivity index (χ1v) is 11.0. The zero-order valence-electron chi connectivity index (χ0n) is 18.5. The molecule has 7 nitrogen and oxygen atoms in total. The van der Waals surface area contributed by atoms with Crippen LogP contribution in [0.4, 0.5) is 5.69 Å². The van der Waals surface area contributed by atoms with Crippen molar-refractivity contribution in [2.24, 2.45) is 0 Å². The number of ether oxygens (including phenoxy) is 1. The molecule has 2 aromatic rings. The SMILES string of the molecule is Cc1ccc(NC(=O)C[NH+]2CCN(C(=O)C[NH+](C)CCOc3ccccc3)CC2)cc1. The molecule has 2 aromatic carbocycles. The van der Waals surface area contributed by atoms with Crippen molar-refractivity contribution in [2.75, 3.05) is 64.8 Å². The predicted molar refractivity (Wildman–Crippen MR) is 121 cm³/mol. The molecule has 3 rings (SSSR count). The summed E-state index contributed by atoms with van der Waals surface area (Å²) < 4.78 is 5.72. The molecule has 0 aromatic heterocycles. The molecular formula is C24H34N4O3+2. The summed E-state index contributed by atoms with van der Waals surface area (Å²) in [6.07, 6.45) is 0. The molecule has 1 atom stereocenters. The second-order valence-electron chi connectivity index (χ2n) is 8.27. The highest BCUT2D eigenvalue weighted by atomic mass is 16.5. The molecule has 0 radical (unpaired) electrons. The van der Waals surface area contributed by atoms with Gasteiger partial charge in [0.15, 0.2) is 13.1 Å². The summed E-state index contributed by atoms with van der Waals surface area (Å²) in [5.41, 5.74) is 1.99. The maximum atomic E-state index is 12.6. The minimum absolute atomic E-state index is 0.0150. The average molecular weight is 427 g/mol. The lowest BCUT2D eigenvalue weighted by molar-refractivity contribution is -0.896. The minimum atomic E-state index is 0.0150.